The number of benzene rings is 2. The summed E-state index contributed by atoms with van der Waals surface area (Å²) in [6, 6.07) is 17.2. The van der Waals surface area contributed by atoms with Crippen molar-refractivity contribution in [2.24, 2.45) is 0 Å². The predicted molar refractivity (Wildman–Crippen MR) is 128 cm³/mol. The number of aryl methyl sites for hydroxylation is 1. The zero-order valence-corrected chi connectivity index (χ0v) is 19.0. The Labute approximate surface area is 198 Å². The van der Waals surface area contributed by atoms with Crippen LogP contribution in [0.3, 0.4) is 0 Å². The van der Waals surface area contributed by atoms with Gasteiger partial charge in [0.05, 0.1) is 18.7 Å². The van der Waals surface area contributed by atoms with Gasteiger partial charge in [-0.15, -0.1) is 0 Å². The Kier molecular flexibility index (Phi) is 9.58. The molecule has 0 aliphatic rings. The standard InChI is InChI=1S/C27H29FN2O4/c28-23-11-7-21(8-12-23)25-15-6-20(19-30-25)5-3-1-2-4-18-34-24-13-9-22(10-14-24)27(33)29-17-16-26(31)32/h6-15,19H,1-5,16-18H2,(H,29,33)(H,31,32). The van der Waals surface area contributed by atoms with Gasteiger partial charge in [0.25, 0.3) is 5.91 Å². The number of hydrogen-bond acceptors (Lipinski definition) is 4. The molecule has 3 aromatic rings. The Morgan fingerprint density at radius 3 is 2.32 bits per heavy atom. The van der Waals surface area contributed by atoms with Crippen LogP contribution in [0.4, 0.5) is 4.39 Å². The lowest BCUT2D eigenvalue weighted by molar-refractivity contribution is -0.136. The Balaban J connectivity index is 1.28. The van der Waals surface area contributed by atoms with Crippen LogP contribution in [0, 0.1) is 5.82 Å². The van der Waals surface area contributed by atoms with Gasteiger partial charge in [-0.1, -0.05) is 18.9 Å². The molecule has 0 bridgehead atoms. The van der Waals surface area contributed by atoms with Crippen LogP contribution in [0.5, 0.6) is 5.75 Å². The van der Waals surface area contributed by atoms with E-state index >= 15 is 0 Å². The molecule has 6 nitrogen and oxygen atoms in total. The molecule has 0 saturated heterocycles. The number of nitrogens with one attached hydrogen (secondary N) is 1. The molecule has 2 N–H and O–H groups in total. The number of aromatic nitrogens is 1. The highest BCUT2D eigenvalue weighted by Crippen LogP contribution is 2.18. The molecule has 0 spiro atoms. The van der Waals surface area contributed by atoms with Crippen molar-refractivity contribution in [1.29, 1.82) is 0 Å². The highest BCUT2D eigenvalue weighted by atomic mass is 19.1. The lowest BCUT2D eigenvalue weighted by Gasteiger charge is -2.08. The maximum atomic E-state index is 13.0. The number of unbranched alkanes of at least 4 members (excludes halogenated alkanes) is 3. The van der Waals surface area contributed by atoms with Crippen molar-refractivity contribution in [2.45, 2.75) is 38.5 Å². The van der Waals surface area contributed by atoms with E-state index in [0.29, 0.717) is 17.9 Å². The second kappa shape index (κ2) is 13.1. The van der Waals surface area contributed by atoms with Gasteiger partial charge in [-0.3, -0.25) is 14.6 Å². The monoisotopic (exact) mass is 464 g/mol. The molecule has 1 heterocycles. The van der Waals surface area contributed by atoms with Crippen LogP contribution >= 0.6 is 0 Å². The first-order valence-corrected chi connectivity index (χ1v) is 11.4. The smallest absolute Gasteiger partial charge is 0.305 e. The Bertz CT molecular complexity index is 1050. The normalized spacial score (nSPS) is 10.6. The van der Waals surface area contributed by atoms with Gasteiger partial charge in [0.2, 0.25) is 0 Å². The summed E-state index contributed by atoms with van der Waals surface area (Å²) in [6.45, 7) is 0.711. The van der Waals surface area contributed by atoms with Gasteiger partial charge < -0.3 is 15.2 Å². The molecular weight excluding hydrogens is 435 g/mol. The summed E-state index contributed by atoms with van der Waals surface area (Å²) in [5.74, 6) is -0.792. The minimum Gasteiger partial charge on any atom is -0.494 e. The fourth-order valence-electron chi connectivity index (χ4n) is 3.43. The molecule has 0 fully saturated rings. The number of ether oxygens (including phenoxy) is 1. The van der Waals surface area contributed by atoms with Gasteiger partial charge in [0.15, 0.2) is 0 Å². The maximum Gasteiger partial charge on any atom is 0.305 e. The predicted octanol–water partition coefficient (Wildman–Crippen LogP) is 5.27. The number of pyridine rings is 1. The second-order valence-electron chi connectivity index (χ2n) is 8.00. The van der Waals surface area contributed by atoms with Gasteiger partial charge in [-0.25, -0.2) is 4.39 Å². The fraction of sp³-hybridized carbons (Fsp3) is 0.296. The molecule has 178 valence electrons. The zero-order chi connectivity index (χ0) is 24.2. The molecule has 0 unspecified atom stereocenters. The van der Waals surface area contributed by atoms with Crippen LogP contribution < -0.4 is 10.1 Å². The first kappa shape index (κ1) is 24.9. The van der Waals surface area contributed by atoms with E-state index < -0.39 is 5.97 Å². The quantitative estimate of drug-likeness (QED) is 0.336. The van der Waals surface area contributed by atoms with Crippen LogP contribution in [0.2, 0.25) is 0 Å². The highest BCUT2D eigenvalue weighted by molar-refractivity contribution is 5.94. The minimum absolute atomic E-state index is 0.101. The summed E-state index contributed by atoms with van der Waals surface area (Å²) in [5.41, 5.74) is 3.40. The molecule has 7 heteroatoms. The number of carbonyl (C=O) groups excluding carboxylic acids is 1. The molecule has 0 atom stereocenters. The number of carbonyl (C=O) groups is 2. The molecule has 0 aliphatic heterocycles. The summed E-state index contributed by atoms with van der Waals surface area (Å²) in [4.78, 5) is 26.9. The van der Waals surface area contributed by atoms with E-state index in [4.69, 9.17) is 9.84 Å². The summed E-state index contributed by atoms with van der Waals surface area (Å²) in [6.07, 6.45) is 6.92. The number of carboxylic acid groups (broad SMARTS) is 1. The van der Waals surface area contributed by atoms with Crippen molar-refractivity contribution >= 4 is 11.9 Å². The maximum absolute atomic E-state index is 13.0. The molecule has 2 aromatic carbocycles. The van der Waals surface area contributed by atoms with E-state index in [1.165, 1.54) is 17.7 Å². The molecular formula is C27H29FN2O4. The van der Waals surface area contributed by atoms with E-state index in [1.54, 1.807) is 36.4 Å². The second-order valence-corrected chi connectivity index (χ2v) is 8.00. The van der Waals surface area contributed by atoms with Crippen molar-refractivity contribution < 1.29 is 23.8 Å². The zero-order valence-electron chi connectivity index (χ0n) is 19.0. The van der Waals surface area contributed by atoms with Crippen LogP contribution in [0.15, 0.2) is 66.9 Å². The van der Waals surface area contributed by atoms with E-state index in [9.17, 15) is 14.0 Å². The third-order valence-electron chi connectivity index (χ3n) is 5.33. The number of hydrogen-bond donors (Lipinski definition) is 2. The average molecular weight is 465 g/mol. The largest absolute Gasteiger partial charge is 0.494 e. The molecule has 0 aliphatic carbocycles. The Hall–Kier alpha value is -3.74. The molecule has 0 radical (unpaired) electrons. The van der Waals surface area contributed by atoms with Crippen molar-refractivity contribution in [3.8, 4) is 17.0 Å². The number of aliphatic carboxylic acids is 1. The van der Waals surface area contributed by atoms with Crippen LogP contribution in [-0.4, -0.2) is 35.1 Å². The van der Waals surface area contributed by atoms with Gasteiger partial charge in [0.1, 0.15) is 11.6 Å². The van der Waals surface area contributed by atoms with Crippen molar-refractivity contribution in [3.05, 3.63) is 83.8 Å². The topological polar surface area (TPSA) is 88.5 Å². The van der Waals surface area contributed by atoms with Gasteiger partial charge in [0, 0.05) is 23.9 Å². The number of halogens is 1. The van der Waals surface area contributed by atoms with Gasteiger partial charge in [-0.2, -0.15) is 0 Å². The van der Waals surface area contributed by atoms with E-state index in [1.807, 2.05) is 12.3 Å². The molecule has 1 amide bonds. The third-order valence-corrected chi connectivity index (χ3v) is 5.33. The Morgan fingerprint density at radius 2 is 1.65 bits per heavy atom. The van der Waals surface area contributed by atoms with E-state index in [0.717, 1.165) is 43.4 Å². The van der Waals surface area contributed by atoms with Crippen molar-refractivity contribution in [3.63, 3.8) is 0 Å². The molecule has 1 aromatic heterocycles. The summed E-state index contributed by atoms with van der Waals surface area (Å²) in [5, 5.41) is 11.2. The average Bonchev–Trinajstić information content (AvgIpc) is 2.84. The lowest BCUT2D eigenvalue weighted by atomic mass is 10.1. The van der Waals surface area contributed by atoms with Gasteiger partial charge >= 0.3 is 5.97 Å². The minimum atomic E-state index is -0.946. The molecule has 3 rings (SSSR count). The van der Waals surface area contributed by atoms with Crippen LogP contribution in [0.1, 0.15) is 48.0 Å². The molecule has 0 saturated carbocycles. The highest BCUT2D eigenvalue weighted by Gasteiger charge is 2.06. The Morgan fingerprint density at radius 1 is 0.912 bits per heavy atom. The summed E-state index contributed by atoms with van der Waals surface area (Å²) >= 11 is 0. The van der Waals surface area contributed by atoms with Crippen molar-refractivity contribution in [1.82, 2.24) is 10.3 Å². The lowest BCUT2D eigenvalue weighted by Crippen LogP contribution is -2.25. The van der Waals surface area contributed by atoms with Crippen LogP contribution in [-0.2, 0) is 11.2 Å². The number of nitrogens with zero attached hydrogens (tertiary/aromatic N) is 1. The van der Waals surface area contributed by atoms with Crippen molar-refractivity contribution in [2.75, 3.05) is 13.2 Å². The number of amides is 1. The first-order valence-electron chi connectivity index (χ1n) is 11.4. The number of rotatable bonds is 13. The summed E-state index contributed by atoms with van der Waals surface area (Å²) < 4.78 is 18.8. The fourth-order valence-corrected chi connectivity index (χ4v) is 3.43. The number of carboxylic acids is 1. The van der Waals surface area contributed by atoms with Gasteiger partial charge in [-0.05, 0) is 79.4 Å². The third kappa shape index (κ3) is 8.31. The first-order chi connectivity index (χ1) is 16.5. The van der Waals surface area contributed by atoms with E-state index in [-0.39, 0.29) is 24.7 Å². The van der Waals surface area contributed by atoms with E-state index in [2.05, 4.69) is 16.4 Å². The summed E-state index contributed by atoms with van der Waals surface area (Å²) in [7, 11) is 0. The molecule has 34 heavy (non-hydrogen) atoms. The SMILES string of the molecule is O=C(O)CCNC(=O)c1ccc(OCCCCCCc2ccc(-c3ccc(F)cc3)nc2)cc1. The van der Waals surface area contributed by atoms with Crippen LogP contribution in [0.25, 0.3) is 11.3 Å².